The van der Waals surface area contributed by atoms with Gasteiger partial charge in [0.1, 0.15) is 18.1 Å². The number of hydrogen-bond acceptors (Lipinski definition) is 3. The van der Waals surface area contributed by atoms with E-state index in [1.807, 2.05) is 61.5 Å². The number of hydrogen-bond donors (Lipinski definition) is 0. The monoisotopic (exact) mass is 448 g/mol. The summed E-state index contributed by atoms with van der Waals surface area (Å²) in [5.74, 6) is 2.50. The molecule has 0 amide bonds. The maximum atomic E-state index is 6.15. The van der Waals surface area contributed by atoms with Crippen molar-refractivity contribution in [1.82, 2.24) is 9.55 Å². The molecular formula is C27H29ClN2O2. The lowest BCUT2D eigenvalue weighted by molar-refractivity contribution is 0.207. The van der Waals surface area contributed by atoms with Gasteiger partial charge < -0.3 is 14.0 Å². The fourth-order valence-corrected chi connectivity index (χ4v) is 3.84. The second-order valence-corrected chi connectivity index (χ2v) is 9.38. The van der Waals surface area contributed by atoms with Crippen molar-refractivity contribution in [2.45, 2.75) is 45.8 Å². The summed E-state index contributed by atoms with van der Waals surface area (Å²) < 4.78 is 14.4. The van der Waals surface area contributed by atoms with Gasteiger partial charge in [-0.05, 0) is 66.4 Å². The van der Waals surface area contributed by atoms with E-state index in [2.05, 4.69) is 43.5 Å². The molecule has 0 saturated carbocycles. The Bertz CT molecular complexity index is 1180. The zero-order chi connectivity index (χ0) is 22.7. The molecule has 1 heterocycles. The van der Waals surface area contributed by atoms with E-state index in [1.54, 1.807) is 0 Å². The first-order valence-electron chi connectivity index (χ1n) is 10.9. The van der Waals surface area contributed by atoms with Crippen molar-refractivity contribution in [3.05, 3.63) is 89.2 Å². The van der Waals surface area contributed by atoms with Gasteiger partial charge in [-0.25, -0.2) is 4.98 Å². The van der Waals surface area contributed by atoms with Crippen molar-refractivity contribution >= 4 is 22.6 Å². The van der Waals surface area contributed by atoms with Gasteiger partial charge in [0.15, 0.2) is 11.9 Å². The van der Waals surface area contributed by atoms with Crippen LogP contribution in [0.15, 0.2) is 72.8 Å². The number of aromatic nitrogens is 2. The number of benzene rings is 3. The van der Waals surface area contributed by atoms with E-state index in [0.717, 1.165) is 28.4 Å². The number of ether oxygens (including phenoxy) is 2. The Labute approximate surface area is 194 Å². The normalized spacial score (nSPS) is 12.7. The average molecular weight is 449 g/mol. The summed E-state index contributed by atoms with van der Waals surface area (Å²) in [7, 11) is 0. The van der Waals surface area contributed by atoms with Gasteiger partial charge in [-0.15, -0.1) is 0 Å². The molecule has 1 atom stereocenters. The van der Waals surface area contributed by atoms with Crippen molar-refractivity contribution in [3.63, 3.8) is 0 Å². The van der Waals surface area contributed by atoms with E-state index < -0.39 is 0 Å². The number of para-hydroxylation sites is 2. The summed E-state index contributed by atoms with van der Waals surface area (Å²) in [6.45, 7) is 9.85. The van der Waals surface area contributed by atoms with Crippen LogP contribution in [-0.2, 0) is 12.0 Å². The standard InChI is InChI=1S/C27H29ClN2O2/c1-19(32-23-15-11-21(28)12-16-23)26-29-24-7-5-6-8-25(24)30(26)17-18-31-22-13-9-20(10-14-22)27(2,3)4/h5-16,19H,17-18H2,1-4H3. The van der Waals surface area contributed by atoms with E-state index in [-0.39, 0.29) is 11.5 Å². The molecule has 0 aliphatic heterocycles. The molecule has 32 heavy (non-hydrogen) atoms. The van der Waals surface area contributed by atoms with Crippen molar-refractivity contribution in [3.8, 4) is 11.5 Å². The van der Waals surface area contributed by atoms with Crippen LogP contribution in [0.3, 0.4) is 0 Å². The summed E-state index contributed by atoms with van der Waals surface area (Å²) in [4.78, 5) is 4.85. The highest BCUT2D eigenvalue weighted by Crippen LogP contribution is 2.27. The molecule has 4 aromatic rings. The quantitative estimate of drug-likeness (QED) is 0.299. The number of halogens is 1. The molecule has 5 heteroatoms. The topological polar surface area (TPSA) is 36.3 Å². The third-order valence-electron chi connectivity index (χ3n) is 5.48. The smallest absolute Gasteiger partial charge is 0.153 e. The highest BCUT2D eigenvalue weighted by molar-refractivity contribution is 6.30. The van der Waals surface area contributed by atoms with E-state index in [9.17, 15) is 0 Å². The predicted octanol–water partition coefficient (Wildman–Crippen LogP) is 7.21. The van der Waals surface area contributed by atoms with E-state index >= 15 is 0 Å². The van der Waals surface area contributed by atoms with Crippen LogP contribution in [-0.4, -0.2) is 16.2 Å². The third kappa shape index (κ3) is 5.08. The number of rotatable bonds is 7. The first-order chi connectivity index (χ1) is 15.3. The van der Waals surface area contributed by atoms with Gasteiger partial charge in [0.2, 0.25) is 0 Å². The lowest BCUT2D eigenvalue weighted by Gasteiger charge is -2.19. The molecule has 1 unspecified atom stereocenters. The molecule has 4 nitrogen and oxygen atoms in total. The molecule has 0 spiro atoms. The lowest BCUT2D eigenvalue weighted by atomic mass is 9.87. The molecule has 1 aromatic heterocycles. The Hall–Kier alpha value is -2.98. The van der Waals surface area contributed by atoms with Crippen LogP contribution in [0.4, 0.5) is 0 Å². The molecule has 0 fully saturated rings. The van der Waals surface area contributed by atoms with Gasteiger partial charge in [0, 0.05) is 5.02 Å². The first kappa shape index (κ1) is 22.2. The van der Waals surface area contributed by atoms with E-state index in [1.165, 1.54) is 5.56 Å². The number of imidazole rings is 1. The Balaban J connectivity index is 1.50. The van der Waals surface area contributed by atoms with Crippen LogP contribution in [0, 0.1) is 0 Å². The van der Waals surface area contributed by atoms with E-state index in [4.69, 9.17) is 26.1 Å². The Morgan fingerprint density at radius 3 is 2.25 bits per heavy atom. The van der Waals surface area contributed by atoms with Crippen LogP contribution in [0.1, 0.15) is 45.2 Å². The fraction of sp³-hybridized carbons (Fsp3) is 0.296. The second-order valence-electron chi connectivity index (χ2n) is 8.95. The fourth-order valence-electron chi connectivity index (χ4n) is 3.72. The third-order valence-corrected chi connectivity index (χ3v) is 5.73. The van der Waals surface area contributed by atoms with Crippen molar-refractivity contribution < 1.29 is 9.47 Å². The minimum Gasteiger partial charge on any atom is -0.492 e. The molecule has 0 aliphatic carbocycles. The minimum absolute atomic E-state index is 0.128. The largest absolute Gasteiger partial charge is 0.492 e. The summed E-state index contributed by atoms with van der Waals surface area (Å²) in [6.07, 6.45) is -0.227. The molecule has 0 aliphatic rings. The van der Waals surface area contributed by atoms with Gasteiger partial charge in [0.05, 0.1) is 17.6 Å². The van der Waals surface area contributed by atoms with Gasteiger partial charge in [-0.3, -0.25) is 0 Å². The first-order valence-corrected chi connectivity index (χ1v) is 11.3. The van der Waals surface area contributed by atoms with Gasteiger partial charge in [0.25, 0.3) is 0 Å². The summed E-state index contributed by atoms with van der Waals surface area (Å²) in [5.41, 5.74) is 3.44. The van der Waals surface area contributed by atoms with Crippen molar-refractivity contribution in [2.75, 3.05) is 6.61 Å². The van der Waals surface area contributed by atoms with Gasteiger partial charge in [-0.2, -0.15) is 0 Å². The molecule has 0 saturated heterocycles. The van der Waals surface area contributed by atoms with Gasteiger partial charge in [-0.1, -0.05) is 56.6 Å². The summed E-state index contributed by atoms with van der Waals surface area (Å²) in [6, 6.07) is 23.9. The van der Waals surface area contributed by atoms with Crippen LogP contribution in [0.5, 0.6) is 11.5 Å². The van der Waals surface area contributed by atoms with Crippen molar-refractivity contribution in [1.29, 1.82) is 0 Å². The summed E-state index contributed by atoms with van der Waals surface area (Å²) in [5, 5.41) is 0.685. The van der Waals surface area contributed by atoms with Crippen LogP contribution in [0.25, 0.3) is 11.0 Å². The molecule has 166 valence electrons. The molecule has 4 rings (SSSR count). The Morgan fingerprint density at radius 2 is 1.56 bits per heavy atom. The van der Waals surface area contributed by atoms with Gasteiger partial charge >= 0.3 is 0 Å². The molecule has 0 bridgehead atoms. The van der Waals surface area contributed by atoms with Crippen LogP contribution < -0.4 is 9.47 Å². The number of nitrogens with zero attached hydrogens (tertiary/aromatic N) is 2. The van der Waals surface area contributed by atoms with Crippen molar-refractivity contribution in [2.24, 2.45) is 0 Å². The van der Waals surface area contributed by atoms with Crippen LogP contribution in [0.2, 0.25) is 5.02 Å². The molecular weight excluding hydrogens is 420 g/mol. The molecule has 3 aromatic carbocycles. The lowest BCUT2D eigenvalue weighted by Crippen LogP contribution is -2.16. The Kier molecular flexibility index (Phi) is 6.43. The average Bonchev–Trinajstić information content (AvgIpc) is 3.14. The predicted molar refractivity (Wildman–Crippen MR) is 131 cm³/mol. The van der Waals surface area contributed by atoms with Crippen LogP contribution >= 0.6 is 11.6 Å². The summed E-state index contributed by atoms with van der Waals surface area (Å²) >= 11 is 6.00. The highest BCUT2D eigenvalue weighted by Gasteiger charge is 2.18. The highest BCUT2D eigenvalue weighted by atomic mass is 35.5. The minimum atomic E-state index is -0.227. The Morgan fingerprint density at radius 1 is 0.906 bits per heavy atom. The zero-order valence-corrected chi connectivity index (χ0v) is 19.8. The molecule has 0 radical (unpaired) electrons. The zero-order valence-electron chi connectivity index (χ0n) is 19.0. The number of fused-ring (bicyclic) bond motifs is 1. The maximum Gasteiger partial charge on any atom is 0.153 e. The molecule has 0 N–H and O–H groups in total. The maximum absolute atomic E-state index is 6.15. The second kappa shape index (κ2) is 9.25. The van der Waals surface area contributed by atoms with E-state index in [0.29, 0.717) is 18.2 Å². The SMILES string of the molecule is CC(Oc1ccc(Cl)cc1)c1nc2ccccc2n1CCOc1ccc(C(C)(C)C)cc1.